The fraction of sp³-hybridized carbons (Fsp3) is 0.280. The van der Waals surface area contributed by atoms with E-state index in [-0.39, 0.29) is 0 Å². The predicted molar refractivity (Wildman–Crippen MR) is 114 cm³/mol. The number of aryl methyl sites for hydroxylation is 2. The lowest BCUT2D eigenvalue weighted by atomic mass is 9.98. The van der Waals surface area contributed by atoms with Crippen LogP contribution < -0.4 is 4.74 Å². The van der Waals surface area contributed by atoms with Crippen molar-refractivity contribution in [3.63, 3.8) is 0 Å². The first-order valence-corrected chi connectivity index (χ1v) is 9.72. The SMILES string of the molecule is CN(C)CCCOc1ccc(-c2ccccc2)cc1CCc1ccccc1. The van der Waals surface area contributed by atoms with Crippen LogP contribution in [0.3, 0.4) is 0 Å². The lowest BCUT2D eigenvalue weighted by Gasteiger charge is -2.15. The van der Waals surface area contributed by atoms with Crippen LogP contribution >= 0.6 is 0 Å². The van der Waals surface area contributed by atoms with Crippen molar-refractivity contribution in [2.45, 2.75) is 19.3 Å². The summed E-state index contributed by atoms with van der Waals surface area (Å²) in [7, 11) is 4.19. The maximum absolute atomic E-state index is 6.14. The number of hydrogen-bond donors (Lipinski definition) is 0. The highest BCUT2D eigenvalue weighted by molar-refractivity contribution is 5.65. The molecule has 2 heteroatoms. The topological polar surface area (TPSA) is 12.5 Å². The second-order valence-corrected chi connectivity index (χ2v) is 7.18. The van der Waals surface area contributed by atoms with Gasteiger partial charge in [0.15, 0.2) is 0 Å². The Labute approximate surface area is 163 Å². The molecule has 2 nitrogen and oxygen atoms in total. The van der Waals surface area contributed by atoms with Gasteiger partial charge >= 0.3 is 0 Å². The van der Waals surface area contributed by atoms with E-state index in [1.54, 1.807) is 0 Å². The molecule has 0 radical (unpaired) electrons. The fourth-order valence-corrected chi connectivity index (χ4v) is 3.21. The molecule has 3 rings (SSSR count). The van der Waals surface area contributed by atoms with Crippen LogP contribution in [0.25, 0.3) is 11.1 Å². The normalized spacial score (nSPS) is 10.9. The minimum Gasteiger partial charge on any atom is -0.493 e. The van der Waals surface area contributed by atoms with Crippen molar-refractivity contribution in [3.05, 3.63) is 90.0 Å². The smallest absolute Gasteiger partial charge is 0.122 e. The number of ether oxygens (including phenoxy) is 1. The summed E-state index contributed by atoms with van der Waals surface area (Å²) in [4.78, 5) is 2.19. The van der Waals surface area contributed by atoms with Gasteiger partial charge in [0.25, 0.3) is 0 Å². The molecule has 0 heterocycles. The average molecular weight is 360 g/mol. The van der Waals surface area contributed by atoms with Crippen LogP contribution in [0.5, 0.6) is 5.75 Å². The lowest BCUT2D eigenvalue weighted by Crippen LogP contribution is -2.15. The van der Waals surface area contributed by atoms with Gasteiger partial charge in [0.1, 0.15) is 5.75 Å². The molecule has 0 saturated carbocycles. The largest absolute Gasteiger partial charge is 0.493 e. The van der Waals surface area contributed by atoms with E-state index >= 15 is 0 Å². The molecular weight excluding hydrogens is 330 g/mol. The molecule has 3 aromatic carbocycles. The molecule has 0 amide bonds. The van der Waals surface area contributed by atoms with E-state index in [2.05, 4.69) is 97.9 Å². The Morgan fingerprint density at radius 1 is 0.741 bits per heavy atom. The van der Waals surface area contributed by atoms with Crippen LogP contribution in [0.4, 0.5) is 0 Å². The molecule has 0 aliphatic rings. The van der Waals surface area contributed by atoms with Gasteiger partial charge in [-0.1, -0.05) is 66.7 Å². The molecule has 0 N–H and O–H groups in total. The van der Waals surface area contributed by atoms with Crippen LogP contribution in [0.15, 0.2) is 78.9 Å². The van der Waals surface area contributed by atoms with Gasteiger partial charge in [0.05, 0.1) is 6.61 Å². The number of benzene rings is 3. The van der Waals surface area contributed by atoms with Gasteiger partial charge in [-0.15, -0.1) is 0 Å². The number of hydrogen-bond acceptors (Lipinski definition) is 2. The summed E-state index contributed by atoms with van der Waals surface area (Å²) in [6, 6.07) is 27.8. The van der Waals surface area contributed by atoms with Crippen molar-refractivity contribution in [2.24, 2.45) is 0 Å². The third-order valence-electron chi connectivity index (χ3n) is 4.70. The molecule has 0 bridgehead atoms. The van der Waals surface area contributed by atoms with Crippen LogP contribution in [-0.2, 0) is 12.8 Å². The Morgan fingerprint density at radius 3 is 2.15 bits per heavy atom. The van der Waals surface area contributed by atoms with E-state index < -0.39 is 0 Å². The molecule has 0 aliphatic heterocycles. The summed E-state index contributed by atoms with van der Waals surface area (Å²) in [6.07, 6.45) is 3.03. The van der Waals surface area contributed by atoms with E-state index in [0.717, 1.165) is 38.2 Å². The van der Waals surface area contributed by atoms with E-state index in [1.165, 1.54) is 22.3 Å². The number of nitrogens with zero attached hydrogens (tertiary/aromatic N) is 1. The third kappa shape index (κ3) is 5.97. The van der Waals surface area contributed by atoms with E-state index in [0.29, 0.717) is 0 Å². The van der Waals surface area contributed by atoms with Gasteiger partial charge < -0.3 is 9.64 Å². The highest BCUT2D eigenvalue weighted by atomic mass is 16.5. The zero-order valence-electron chi connectivity index (χ0n) is 16.4. The van der Waals surface area contributed by atoms with E-state index in [1.807, 2.05) is 0 Å². The maximum atomic E-state index is 6.14. The van der Waals surface area contributed by atoms with Crippen LogP contribution in [0.2, 0.25) is 0 Å². The van der Waals surface area contributed by atoms with Gasteiger partial charge in [-0.2, -0.15) is 0 Å². The molecule has 3 aromatic rings. The minimum absolute atomic E-state index is 0.751. The first-order chi connectivity index (χ1) is 13.2. The van der Waals surface area contributed by atoms with Crippen LogP contribution in [-0.4, -0.2) is 32.1 Å². The van der Waals surface area contributed by atoms with Crippen molar-refractivity contribution in [1.82, 2.24) is 4.90 Å². The minimum atomic E-state index is 0.751. The first kappa shape index (κ1) is 19.2. The van der Waals surface area contributed by atoms with Gasteiger partial charge in [-0.05, 0) is 67.7 Å². The van der Waals surface area contributed by atoms with Crippen molar-refractivity contribution in [3.8, 4) is 16.9 Å². The van der Waals surface area contributed by atoms with Crippen LogP contribution in [0, 0.1) is 0 Å². The number of rotatable bonds is 9. The standard InChI is InChI=1S/C25H29NO/c1-26(2)18-9-19-27-25-17-16-23(22-12-7-4-8-13-22)20-24(25)15-14-21-10-5-3-6-11-21/h3-8,10-13,16-17,20H,9,14-15,18-19H2,1-2H3. The van der Waals surface area contributed by atoms with Crippen molar-refractivity contribution in [1.29, 1.82) is 0 Å². The zero-order valence-corrected chi connectivity index (χ0v) is 16.4. The first-order valence-electron chi connectivity index (χ1n) is 9.72. The summed E-state index contributed by atoms with van der Waals surface area (Å²) >= 11 is 0. The highest BCUT2D eigenvalue weighted by Gasteiger charge is 2.08. The second-order valence-electron chi connectivity index (χ2n) is 7.18. The monoisotopic (exact) mass is 359 g/mol. The molecular formula is C25H29NO. The molecule has 0 aromatic heterocycles. The quantitative estimate of drug-likeness (QED) is 0.470. The molecule has 140 valence electrons. The molecule has 0 unspecified atom stereocenters. The fourth-order valence-electron chi connectivity index (χ4n) is 3.21. The zero-order chi connectivity index (χ0) is 18.9. The van der Waals surface area contributed by atoms with Gasteiger partial charge in [-0.25, -0.2) is 0 Å². The lowest BCUT2D eigenvalue weighted by molar-refractivity contribution is 0.279. The summed E-state index contributed by atoms with van der Waals surface area (Å²) in [5.74, 6) is 1.02. The molecule has 0 saturated heterocycles. The maximum Gasteiger partial charge on any atom is 0.122 e. The van der Waals surface area contributed by atoms with E-state index in [4.69, 9.17) is 4.74 Å². The predicted octanol–water partition coefficient (Wildman–Crippen LogP) is 5.47. The third-order valence-corrected chi connectivity index (χ3v) is 4.70. The summed E-state index contributed by atoms with van der Waals surface area (Å²) in [5.41, 5.74) is 5.14. The molecule has 0 fully saturated rings. The van der Waals surface area contributed by atoms with Gasteiger partial charge in [0, 0.05) is 6.54 Å². The van der Waals surface area contributed by atoms with Gasteiger partial charge in [0.2, 0.25) is 0 Å². The van der Waals surface area contributed by atoms with Crippen molar-refractivity contribution in [2.75, 3.05) is 27.2 Å². The Kier molecular flexibility index (Phi) is 7.06. The molecule has 27 heavy (non-hydrogen) atoms. The van der Waals surface area contributed by atoms with Crippen molar-refractivity contribution >= 4 is 0 Å². The van der Waals surface area contributed by atoms with E-state index in [9.17, 15) is 0 Å². The summed E-state index contributed by atoms with van der Waals surface area (Å²) in [5, 5.41) is 0. The Balaban J connectivity index is 1.76. The Morgan fingerprint density at radius 2 is 1.44 bits per heavy atom. The summed E-state index contributed by atoms with van der Waals surface area (Å²) in [6.45, 7) is 1.79. The molecule has 0 spiro atoms. The molecule has 0 atom stereocenters. The van der Waals surface area contributed by atoms with Crippen molar-refractivity contribution < 1.29 is 4.74 Å². The Bertz CT molecular complexity index is 812. The second kappa shape index (κ2) is 9.94. The van der Waals surface area contributed by atoms with Crippen LogP contribution in [0.1, 0.15) is 17.5 Å². The molecule has 0 aliphatic carbocycles. The summed E-state index contributed by atoms with van der Waals surface area (Å²) < 4.78 is 6.14. The Hall–Kier alpha value is -2.58. The highest BCUT2D eigenvalue weighted by Crippen LogP contribution is 2.28. The van der Waals surface area contributed by atoms with Gasteiger partial charge in [-0.3, -0.25) is 0 Å². The average Bonchev–Trinajstić information content (AvgIpc) is 2.71.